The molecule has 0 spiro atoms. The van der Waals surface area contributed by atoms with E-state index in [4.69, 9.17) is 14.2 Å². The van der Waals surface area contributed by atoms with Crippen molar-refractivity contribution in [2.75, 3.05) is 13.2 Å². The number of esters is 3. The molecule has 0 saturated carbocycles. The van der Waals surface area contributed by atoms with E-state index in [1.807, 2.05) is 0 Å². The van der Waals surface area contributed by atoms with Gasteiger partial charge < -0.3 is 14.2 Å². The standard InChI is InChI=1S/C63H110O6/c1-4-7-10-13-16-19-22-25-27-28-29-30-31-32-33-34-36-38-41-44-47-50-53-56-62(65)68-59-60(58-67-61(64)55-52-49-46-43-40-37-24-21-18-15-12-9-6-3)69-63(66)57-54-51-48-45-42-39-35-26-23-20-17-14-11-8-5-2/h7,10,16,19,21,24-27,29-30,35,60H,4-6,8-9,11-15,17-18,20,22-23,28,31-34,36-59H2,1-3H3/b10-7-,19-16-,24-21-,27-25-,30-29-,35-26-. The maximum atomic E-state index is 12.8. The first-order valence-corrected chi connectivity index (χ1v) is 29.4. The van der Waals surface area contributed by atoms with Crippen molar-refractivity contribution in [2.45, 2.75) is 297 Å². The summed E-state index contributed by atoms with van der Waals surface area (Å²) in [4.78, 5) is 38.2. The van der Waals surface area contributed by atoms with Crippen LogP contribution in [-0.4, -0.2) is 37.2 Å². The molecule has 1 unspecified atom stereocenters. The SMILES string of the molecule is CC/C=C\C/C=C\C/C=C\C/C=C\CCCCCCCCCCCCC(=O)OCC(COC(=O)CCCCCCC/C=C\CCCCCC)OC(=O)CCCCCCC/C=C\CCCCCCCC. The molecular weight excluding hydrogens is 853 g/mol. The summed E-state index contributed by atoms with van der Waals surface area (Å²) in [5.74, 6) is -0.895. The molecule has 0 aliphatic rings. The normalized spacial score (nSPS) is 12.6. The van der Waals surface area contributed by atoms with Gasteiger partial charge in [-0.3, -0.25) is 14.4 Å². The zero-order valence-electron chi connectivity index (χ0n) is 45.6. The minimum Gasteiger partial charge on any atom is -0.462 e. The fraction of sp³-hybridized carbons (Fsp3) is 0.762. The number of rotatable bonds is 53. The van der Waals surface area contributed by atoms with Gasteiger partial charge in [-0.05, 0) is 109 Å². The fourth-order valence-electron chi connectivity index (χ4n) is 8.25. The van der Waals surface area contributed by atoms with Crippen molar-refractivity contribution in [2.24, 2.45) is 0 Å². The quantitative estimate of drug-likeness (QED) is 0.0262. The highest BCUT2D eigenvalue weighted by Gasteiger charge is 2.19. The van der Waals surface area contributed by atoms with E-state index < -0.39 is 6.10 Å². The van der Waals surface area contributed by atoms with Crippen molar-refractivity contribution in [1.82, 2.24) is 0 Å². The van der Waals surface area contributed by atoms with Crippen LogP contribution in [-0.2, 0) is 28.6 Å². The molecule has 0 aromatic carbocycles. The minimum absolute atomic E-state index is 0.0825. The van der Waals surface area contributed by atoms with Crippen LogP contribution in [0.2, 0.25) is 0 Å². The lowest BCUT2D eigenvalue weighted by Gasteiger charge is -2.18. The summed E-state index contributed by atoms with van der Waals surface area (Å²) >= 11 is 0. The Morgan fingerprint density at radius 2 is 0.565 bits per heavy atom. The second-order valence-corrected chi connectivity index (χ2v) is 19.5. The maximum Gasteiger partial charge on any atom is 0.306 e. The lowest BCUT2D eigenvalue weighted by molar-refractivity contribution is -0.167. The third-order valence-electron chi connectivity index (χ3n) is 12.7. The summed E-state index contributed by atoms with van der Waals surface area (Å²) in [6, 6.07) is 0. The van der Waals surface area contributed by atoms with Crippen molar-refractivity contribution in [3.05, 3.63) is 72.9 Å². The molecule has 398 valence electrons. The summed E-state index contributed by atoms with van der Waals surface area (Å²) in [5, 5.41) is 0. The van der Waals surface area contributed by atoms with Crippen LogP contribution < -0.4 is 0 Å². The van der Waals surface area contributed by atoms with E-state index in [0.717, 1.165) is 103 Å². The first-order chi connectivity index (χ1) is 34.0. The van der Waals surface area contributed by atoms with Gasteiger partial charge in [-0.15, -0.1) is 0 Å². The largest absolute Gasteiger partial charge is 0.462 e. The zero-order chi connectivity index (χ0) is 50.0. The molecular formula is C63H110O6. The summed E-state index contributed by atoms with van der Waals surface area (Å²) in [5.41, 5.74) is 0. The van der Waals surface area contributed by atoms with Gasteiger partial charge in [0.2, 0.25) is 0 Å². The molecule has 0 rings (SSSR count). The van der Waals surface area contributed by atoms with Crippen molar-refractivity contribution in [1.29, 1.82) is 0 Å². The highest BCUT2D eigenvalue weighted by Crippen LogP contribution is 2.15. The lowest BCUT2D eigenvalue weighted by atomic mass is 10.1. The van der Waals surface area contributed by atoms with Gasteiger partial charge in [0.25, 0.3) is 0 Å². The molecule has 6 heteroatoms. The molecule has 0 aromatic rings. The average Bonchev–Trinajstić information content (AvgIpc) is 3.35. The van der Waals surface area contributed by atoms with E-state index in [1.54, 1.807) is 0 Å². The molecule has 0 fully saturated rings. The van der Waals surface area contributed by atoms with E-state index >= 15 is 0 Å². The smallest absolute Gasteiger partial charge is 0.306 e. The van der Waals surface area contributed by atoms with Gasteiger partial charge in [-0.2, -0.15) is 0 Å². The van der Waals surface area contributed by atoms with Crippen LogP contribution in [0.4, 0.5) is 0 Å². The molecule has 0 aliphatic carbocycles. The van der Waals surface area contributed by atoms with Gasteiger partial charge in [0, 0.05) is 19.3 Å². The van der Waals surface area contributed by atoms with Crippen LogP contribution >= 0.6 is 0 Å². The van der Waals surface area contributed by atoms with Crippen molar-refractivity contribution in [3.63, 3.8) is 0 Å². The molecule has 0 saturated heterocycles. The Balaban J connectivity index is 4.33. The van der Waals surface area contributed by atoms with Crippen LogP contribution in [0.5, 0.6) is 0 Å². The van der Waals surface area contributed by atoms with E-state index in [-0.39, 0.29) is 31.1 Å². The number of hydrogen-bond acceptors (Lipinski definition) is 6. The van der Waals surface area contributed by atoms with Crippen LogP contribution in [0.3, 0.4) is 0 Å². The molecule has 0 amide bonds. The van der Waals surface area contributed by atoms with Gasteiger partial charge in [-0.25, -0.2) is 0 Å². The molecule has 0 aliphatic heterocycles. The highest BCUT2D eigenvalue weighted by molar-refractivity contribution is 5.71. The van der Waals surface area contributed by atoms with Gasteiger partial charge in [0.1, 0.15) is 13.2 Å². The number of allylic oxidation sites excluding steroid dienone is 12. The predicted molar refractivity (Wildman–Crippen MR) is 298 cm³/mol. The molecule has 0 N–H and O–H groups in total. The van der Waals surface area contributed by atoms with Crippen LogP contribution in [0.15, 0.2) is 72.9 Å². The van der Waals surface area contributed by atoms with Crippen LogP contribution in [0.1, 0.15) is 290 Å². The monoisotopic (exact) mass is 963 g/mol. The second kappa shape index (κ2) is 57.4. The number of carbonyl (C=O) groups is 3. The van der Waals surface area contributed by atoms with Crippen LogP contribution in [0.25, 0.3) is 0 Å². The lowest BCUT2D eigenvalue weighted by Crippen LogP contribution is -2.30. The zero-order valence-corrected chi connectivity index (χ0v) is 45.6. The van der Waals surface area contributed by atoms with E-state index in [9.17, 15) is 14.4 Å². The summed E-state index contributed by atoms with van der Waals surface area (Å²) < 4.78 is 16.9. The van der Waals surface area contributed by atoms with Crippen molar-refractivity contribution < 1.29 is 28.6 Å². The molecule has 0 aromatic heterocycles. The first kappa shape index (κ1) is 65.8. The predicted octanol–water partition coefficient (Wildman–Crippen LogP) is 19.8. The van der Waals surface area contributed by atoms with Gasteiger partial charge in [0.05, 0.1) is 0 Å². The van der Waals surface area contributed by atoms with E-state index in [1.165, 1.54) is 148 Å². The van der Waals surface area contributed by atoms with Gasteiger partial charge >= 0.3 is 17.9 Å². The van der Waals surface area contributed by atoms with E-state index in [2.05, 4.69) is 93.7 Å². The molecule has 6 nitrogen and oxygen atoms in total. The topological polar surface area (TPSA) is 78.9 Å². The molecule has 0 heterocycles. The van der Waals surface area contributed by atoms with E-state index in [0.29, 0.717) is 19.3 Å². The molecule has 1 atom stereocenters. The average molecular weight is 964 g/mol. The summed E-state index contributed by atoms with van der Waals surface area (Å²) in [6.45, 7) is 6.51. The first-order valence-electron chi connectivity index (χ1n) is 29.4. The van der Waals surface area contributed by atoms with Crippen molar-refractivity contribution >= 4 is 17.9 Å². The van der Waals surface area contributed by atoms with Gasteiger partial charge in [-0.1, -0.05) is 235 Å². The Morgan fingerprint density at radius 1 is 0.304 bits per heavy atom. The Hall–Kier alpha value is -3.15. The van der Waals surface area contributed by atoms with Gasteiger partial charge in [0.15, 0.2) is 6.10 Å². The maximum absolute atomic E-state index is 12.8. The Bertz CT molecular complexity index is 1290. The van der Waals surface area contributed by atoms with Crippen molar-refractivity contribution in [3.8, 4) is 0 Å². The fourth-order valence-corrected chi connectivity index (χ4v) is 8.25. The molecule has 0 radical (unpaired) electrons. The number of carbonyl (C=O) groups excluding carboxylic acids is 3. The number of unbranched alkanes of at least 4 members (excludes halogenated alkanes) is 30. The molecule has 0 bridgehead atoms. The molecule has 69 heavy (non-hydrogen) atoms. The Labute approximate surface area is 427 Å². The number of hydrogen-bond donors (Lipinski definition) is 0. The number of ether oxygens (including phenoxy) is 3. The highest BCUT2D eigenvalue weighted by atomic mass is 16.6. The Kier molecular flexibility index (Phi) is 54.8. The third kappa shape index (κ3) is 55.6. The van der Waals surface area contributed by atoms with Crippen LogP contribution in [0, 0.1) is 0 Å². The second-order valence-electron chi connectivity index (χ2n) is 19.5. The third-order valence-corrected chi connectivity index (χ3v) is 12.7. The Morgan fingerprint density at radius 3 is 0.913 bits per heavy atom. The summed E-state index contributed by atoms with van der Waals surface area (Å²) in [7, 11) is 0. The summed E-state index contributed by atoms with van der Waals surface area (Å²) in [6.07, 6.45) is 73.2. The minimum atomic E-state index is -0.784.